The third-order valence-electron chi connectivity index (χ3n) is 4.74. The zero-order chi connectivity index (χ0) is 19.5. The van der Waals surface area contributed by atoms with Gasteiger partial charge in [0.2, 0.25) is 0 Å². The van der Waals surface area contributed by atoms with Crippen LogP contribution in [0.5, 0.6) is 0 Å². The van der Waals surface area contributed by atoms with E-state index in [1.165, 1.54) is 11.8 Å². The number of rotatable bonds is 4. The van der Waals surface area contributed by atoms with E-state index in [1.54, 1.807) is 12.1 Å². The molecule has 1 amide bonds. The van der Waals surface area contributed by atoms with Crippen LogP contribution in [0.1, 0.15) is 21.9 Å². The van der Waals surface area contributed by atoms with Gasteiger partial charge in [-0.2, -0.15) is 0 Å². The van der Waals surface area contributed by atoms with Crippen LogP contribution in [0.4, 0.5) is 17.3 Å². The first-order chi connectivity index (χ1) is 13.6. The van der Waals surface area contributed by atoms with E-state index >= 15 is 0 Å². The maximum Gasteiger partial charge on any atom is 0.289 e. The van der Waals surface area contributed by atoms with Gasteiger partial charge in [0.1, 0.15) is 17.5 Å². The van der Waals surface area contributed by atoms with Crippen molar-refractivity contribution >= 4 is 23.2 Å². The summed E-state index contributed by atoms with van der Waals surface area (Å²) >= 11 is 0. The van der Waals surface area contributed by atoms with Crippen LogP contribution in [0.25, 0.3) is 0 Å². The number of benzene rings is 1. The molecule has 0 radical (unpaired) electrons. The smallest absolute Gasteiger partial charge is 0.289 e. The normalized spacial score (nSPS) is 14.2. The van der Waals surface area contributed by atoms with Crippen molar-refractivity contribution in [1.29, 1.82) is 0 Å². The minimum atomic E-state index is -0.0645. The molecule has 7 nitrogen and oxygen atoms in total. The van der Waals surface area contributed by atoms with Gasteiger partial charge >= 0.3 is 0 Å². The molecule has 0 bridgehead atoms. The third kappa shape index (κ3) is 3.98. The number of nitrogens with one attached hydrogen (secondary N) is 1. The Hall–Kier alpha value is -3.35. The summed E-state index contributed by atoms with van der Waals surface area (Å²) in [5.74, 6) is 2.66. The molecule has 7 heteroatoms. The number of piperazine rings is 1. The zero-order valence-corrected chi connectivity index (χ0v) is 16.1. The SMILES string of the molecule is Cc1cccc(Nc2cc(N3CCN(C(=O)c4ccco4)CC3)nc(C)n2)c1. The average molecular weight is 377 g/mol. The highest BCUT2D eigenvalue weighted by atomic mass is 16.3. The van der Waals surface area contributed by atoms with Gasteiger partial charge in [-0.25, -0.2) is 9.97 Å². The number of hydrogen-bond acceptors (Lipinski definition) is 6. The number of amides is 1. The van der Waals surface area contributed by atoms with Crippen molar-refractivity contribution in [3.63, 3.8) is 0 Å². The molecule has 1 fully saturated rings. The lowest BCUT2D eigenvalue weighted by molar-refractivity contribution is 0.0714. The van der Waals surface area contributed by atoms with E-state index in [0.717, 1.165) is 17.3 Å². The van der Waals surface area contributed by atoms with Crippen molar-refractivity contribution in [2.45, 2.75) is 13.8 Å². The van der Waals surface area contributed by atoms with E-state index in [1.807, 2.05) is 30.0 Å². The summed E-state index contributed by atoms with van der Waals surface area (Å²) in [6, 6.07) is 13.6. The van der Waals surface area contributed by atoms with Crippen LogP contribution in [0.15, 0.2) is 53.1 Å². The van der Waals surface area contributed by atoms with Crippen LogP contribution in [0.3, 0.4) is 0 Å². The van der Waals surface area contributed by atoms with Crippen molar-refractivity contribution in [1.82, 2.24) is 14.9 Å². The number of anilines is 3. The van der Waals surface area contributed by atoms with Crippen LogP contribution in [0, 0.1) is 13.8 Å². The highest BCUT2D eigenvalue weighted by Crippen LogP contribution is 2.22. The van der Waals surface area contributed by atoms with Crippen LogP contribution < -0.4 is 10.2 Å². The second-order valence-electron chi connectivity index (χ2n) is 6.91. The molecule has 1 aliphatic rings. The fourth-order valence-electron chi connectivity index (χ4n) is 3.34. The maximum atomic E-state index is 12.4. The number of hydrogen-bond donors (Lipinski definition) is 1. The van der Waals surface area contributed by atoms with Crippen molar-refractivity contribution < 1.29 is 9.21 Å². The molecule has 3 heterocycles. The summed E-state index contributed by atoms with van der Waals surface area (Å²) in [5, 5.41) is 3.36. The Bertz CT molecular complexity index is 963. The van der Waals surface area contributed by atoms with E-state index in [-0.39, 0.29) is 5.91 Å². The Labute approximate surface area is 164 Å². The monoisotopic (exact) mass is 377 g/mol. The average Bonchev–Trinajstić information content (AvgIpc) is 3.22. The topological polar surface area (TPSA) is 74.5 Å². The second-order valence-corrected chi connectivity index (χ2v) is 6.91. The first-order valence-electron chi connectivity index (χ1n) is 9.35. The number of carbonyl (C=O) groups excluding carboxylic acids is 1. The molecule has 0 saturated carbocycles. The van der Waals surface area contributed by atoms with Gasteiger partial charge in [-0.1, -0.05) is 12.1 Å². The molecular formula is C21H23N5O2. The number of aromatic nitrogens is 2. The van der Waals surface area contributed by atoms with Gasteiger partial charge in [-0.05, 0) is 43.7 Å². The van der Waals surface area contributed by atoms with Gasteiger partial charge in [-0.3, -0.25) is 4.79 Å². The molecule has 4 rings (SSSR count). The summed E-state index contributed by atoms with van der Waals surface area (Å²) < 4.78 is 5.22. The highest BCUT2D eigenvalue weighted by molar-refractivity contribution is 5.91. The molecule has 1 N–H and O–H groups in total. The van der Waals surface area contributed by atoms with Crippen molar-refractivity contribution in [3.8, 4) is 0 Å². The summed E-state index contributed by atoms with van der Waals surface area (Å²) in [4.78, 5) is 25.5. The van der Waals surface area contributed by atoms with Gasteiger partial charge in [0, 0.05) is 37.9 Å². The minimum Gasteiger partial charge on any atom is -0.459 e. The fourth-order valence-corrected chi connectivity index (χ4v) is 3.34. The van der Waals surface area contributed by atoms with Gasteiger partial charge in [-0.15, -0.1) is 0 Å². The fraction of sp³-hybridized carbons (Fsp3) is 0.286. The second kappa shape index (κ2) is 7.72. The van der Waals surface area contributed by atoms with E-state index in [9.17, 15) is 4.79 Å². The Balaban J connectivity index is 1.45. The summed E-state index contributed by atoms with van der Waals surface area (Å²) in [5.41, 5.74) is 2.19. The lowest BCUT2D eigenvalue weighted by atomic mass is 10.2. The molecule has 0 spiro atoms. The van der Waals surface area contributed by atoms with Crippen molar-refractivity contribution in [3.05, 3.63) is 65.9 Å². The quantitative estimate of drug-likeness (QED) is 0.751. The molecule has 1 aromatic carbocycles. The van der Waals surface area contributed by atoms with Gasteiger partial charge < -0.3 is 19.5 Å². The molecule has 0 aliphatic carbocycles. The Morgan fingerprint density at radius 2 is 1.86 bits per heavy atom. The largest absolute Gasteiger partial charge is 0.459 e. The van der Waals surface area contributed by atoms with Crippen LogP contribution >= 0.6 is 0 Å². The van der Waals surface area contributed by atoms with Crippen LogP contribution in [0.2, 0.25) is 0 Å². The number of carbonyl (C=O) groups is 1. The van der Waals surface area contributed by atoms with E-state index in [2.05, 4.69) is 39.2 Å². The van der Waals surface area contributed by atoms with E-state index in [4.69, 9.17) is 4.42 Å². The predicted octanol–water partition coefficient (Wildman–Crippen LogP) is 3.39. The summed E-state index contributed by atoms with van der Waals surface area (Å²) in [7, 11) is 0. The Kier molecular flexibility index (Phi) is 4.97. The van der Waals surface area contributed by atoms with E-state index < -0.39 is 0 Å². The van der Waals surface area contributed by atoms with Crippen LogP contribution in [-0.2, 0) is 0 Å². The highest BCUT2D eigenvalue weighted by Gasteiger charge is 2.24. The van der Waals surface area contributed by atoms with Gasteiger partial charge in [0.25, 0.3) is 5.91 Å². The van der Waals surface area contributed by atoms with Crippen LogP contribution in [-0.4, -0.2) is 47.0 Å². The first kappa shape index (κ1) is 18.0. The maximum absolute atomic E-state index is 12.4. The molecule has 1 saturated heterocycles. The molecule has 3 aromatic rings. The standard InChI is InChI=1S/C21H23N5O2/c1-15-5-3-6-17(13-15)24-19-14-20(23-16(2)22-19)25-8-10-26(11-9-25)21(27)18-7-4-12-28-18/h3-7,12-14H,8-11H2,1-2H3,(H,22,23,24). The molecular weight excluding hydrogens is 354 g/mol. The Morgan fingerprint density at radius 1 is 1.04 bits per heavy atom. The summed E-state index contributed by atoms with van der Waals surface area (Å²) in [6.45, 7) is 6.64. The predicted molar refractivity (Wildman–Crippen MR) is 108 cm³/mol. The molecule has 0 unspecified atom stereocenters. The third-order valence-corrected chi connectivity index (χ3v) is 4.74. The first-order valence-corrected chi connectivity index (χ1v) is 9.35. The minimum absolute atomic E-state index is 0.0645. The molecule has 2 aromatic heterocycles. The number of nitrogens with zero attached hydrogens (tertiary/aromatic N) is 4. The zero-order valence-electron chi connectivity index (χ0n) is 16.1. The van der Waals surface area contributed by atoms with Crippen molar-refractivity contribution in [2.75, 3.05) is 36.4 Å². The lowest BCUT2D eigenvalue weighted by Crippen LogP contribution is -2.49. The Morgan fingerprint density at radius 3 is 2.57 bits per heavy atom. The molecule has 28 heavy (non-hydrogen) atoms. The number of furan rings is 1. The molecule has 0 atom stereocenters. The lowest BCUT2D eigenvalue weighted by Gasteiger charge is -2.35. The van der Waals surface area contributed by atoms with Gasteiger partial charge in [0.15, 0.2) is 5.76 Å². The number of aryl methyl sites for hydroxylation is 2. The summed E-state index contributed by atoms with van der Waals surface area (Å²) in [6.07, 6.45) is 1.52. The molecule has 144 valence electrons. The van der Waals surface area contributed by atoms with E-state index in [0.29, 0.717) is 37.8 Å². The van der Waals surface area contributed by atoms with Crippen molar-refractivity contribution in [2.24, 2.45) is 0 Å². The molecule has 1 aliphatic heterocycles. The van der Waals surface area contributed by atoms with Gasteiger partial charge in [0.05, 0.1) is 6.26 Å².